The number of methoxy groups -OCH3 is 1. The molecule has 1 aliphatic heterocycles. The molecule has 0 atom stereocenters. The number of rotatable bonds is 7. The van der Waals surface area contributed by atoms with E-state index in [4.69, 9.17) is 17.0 Å². The third-order valence-corrected chi connectivity index (χ3v) is 7.72. The second-order valence-corrected chi connectivity index (χ2v) is 10.6. The quantitative estimate of drug-likeness (QED) is 0.208. The predicted octanol–water partition coefficient (Wildman–Crippen LogP) is 3.26. The van der Waals surface area contributed by atoms with Gasteiger partial charge < -0.3 is 10.1 Å². The van der Waals surface area contributed by atoms with Gasteiger partial charge in [-0.25, -0.2) is 9.67 Å². The highest BCUT2D eigenvalue weighted by atomic mass is 32.2. The molecule has 0 unspecified atom stereocenters. The Kier molecular flexibility index (Phi) is 7.25. The number of aryl methyl sites for hydroxylation is 1. The summed E-state index contributed by atoms with van der Waals surface area (Å²) in [4.78, 5) is 46.9. The molecule has 200 valence electrons. The van der Waals surface area contributed by atoms with Gasteiger partial charge in [-0.05, 0) is 43.7 Å². The summed E-state index contributed by atoms with van der Waals surface area (Å²) in [5.74, 6) is -0.152. The van der Waals surface area contributed by atoms with E-state index in [0.29, 0.717) is 36.0 Å². The molecule has 0 bridgehead atoms. The van der Waals surface area contributed by atoms with Crippen LogP contribution in [0.5, 0.6) is 0 Å². The first-order valence-electron chi connectivity index (χ1n) is 12.1. The van der Waals surface area contributed by atoms with Gasteiger partial charge in [0.1, 0.15) is 17.2 Å². The van der Waals surface area contributed by atoms with Gasteiger partial charge in [0.25, 0.3) is 17.0 Å². The average molecular weight is 563 g/mol. The van der Waals surface area contributed by atoms with Gasteiger partial charge in [-0.2, -0.15) is 0 Å². The lowest BCUT2D eigenvalue weighted by Crippen LogP contribution is -2.33. The summed E-state index contributed by atoms with van der Waals surface area (Å²) in [6.45, 7) is 4.45. The normalized spacial score (nSPS) is 14.7. The summed E-state index contributed by atoms with van der Waals surface area (Å²) in [5.41, 5.74) is 2.27. The lowest BCUT2D eigenvalue weighted by Gasteiger charge is -2.13. The molecule has 1 aromatic carbocycles. The Morgan fingerprint density at radius 1 is 1.08 bits per heavy atom. The second kappa shape index (κ2) is 10.6. The molecule has 0 radical (unpaired) electrons. The number of carbonyl (C=O) groups excluding carboxylic acids is 1. The summed E-state index contributed by atoms with van der Waals surface area (Å²) in [5, 5.41) is 3.13. The summed E-state index contributed by atoms with van der Waals surface area (Å²) < 4.78 is 9.96. The number of benzene rings is 1. The van der Waals surface area contributed by atoms with Crippen molar-refractivity contribution in [3.05, 3.63) is 91.1 Å². The number of anilines is 2. The van der Waals surface area contributed by atoms with Crippen LogP contribution in [-0.2, 0) is 16.6 Å². The van der Waals surface area contributed by atoms with Crippen LogP contribution in [0, 0.1) is 13.8 Å². The molecular formula is C27H26N6O4S2. The third-order valence-electron chi connectivity index (χ3n) is 6.42. The van der Waals surface area contributed by atoms with Gasteiger partial charge in [-0.3, -0.25) is 28.4 Å². The van der Waals surface area contributed by atoms with Crippen LogP contribution in [0.1, 0.15) is 16.8 Å². The zero-order valence-electron chi connectivity index (χ0n) is 21.8. The predicted molar refractivity (Wildman–Crippen MR) is 158 cm³/mol. The van der Waals surface area contributed by atoms with Gasteiger partial charge >= 0.3 is 0 Å². The van der Waals surface area contributed by atoms with E-state index in [-0.39, 0.29) is 31.6 Å². The van der Waals surface area contributed by atoms with Crippen LogP contribution >= 0.6 is 24.0 Å². The lowest BCUT2D eigenvalue weighted by molar-refractivity contribution is -0.113. The summed E-state index contributed by atoms with van der Waals surface area (Å²) in [6, 6.07) is 12.8. The van der Waals surface area contributed by atoms with Crippen molar-refractivity contribution in [2.75, 3.05) is 30.5 Å². The second-order valence-electron chi connectivity index (χ2n) is 8.96. The first-order chi connectivity index (χ1) is 18.7. The molecule has 1 saturated heterocycles. The number of pyridine rings is 1. The standard InChI is InChI=1S/C27H26N6O4S2/c1-16-10-11-21-29-23(28-12-13-37-4)19(24(34)31(21)15-16)14-20-25(35)32(27(38)39-20)22-17(2)30(3)33(26(22)36)18-8-6-5-7-9-18/h5-11,14-15,28H,12-13H2,1-4H3/b20-14+. The molecule has 5 rings (SSSR count). The number of nitrogens with one attached hydrogen (secondary N) is 1. The van der Waals surface area contributed by atoms with E-state index in [1.54, 1.807) is 38.0 Å². The Morgan fingerprint density at radius 3 is 2.54 bits per heavy atom. The maximum Gasteiger partial charge on any atom is 0.296 e. The van der Waals surface area contributed by atoms with Crippen LogP contribution in [0.3, 0.4) is 0 Å². The van der Waals surface area contributed by atoms with Crippen molar-refractivity contribution in [1.29, 1.82) is 0 Å². The average Bonchev–Trinajstić information content (AvgIpc) is 3.31. The van der Waals surface area contributed by atoms with Gasteiger partial charge in [-0.15, -0.1) is 0 Å². The number of fused-ring (bicyclic) bond motifs is 1. The Bertz CT molecular complexity index is 1770. The molecule has 4 aromatic rings. The lowest BCUT2D eigenvalue weighted by atomic mass is 10.2. The molecule has 12 heteroatoms. The Labute approximate surface area is 233 Å². The molecule has 1 fully saturated rings. The molecule has 0 spiro atoms. The maximum absolute atomic E-state index is 13.7. The molecule has 3 aromatic heterocycles. The van der Waals surface area contributed by atoms with Gasteiger partial charge in [0.2, 0.25) is 0 Å². The zero-order valence-corrected chi connectivity index (χ0v) is 23.4. The topological polar surface area (TPSA) is 103 Å². The fourth-order valence-electron chi connectivity index (χ4n) is 4.40. The van der Waals surface area contributed by atoms with Crippen LogP contribution in [0.4, 0.5) is 11.5 Å². The monoisotopic (exact) mass is 562 g/mol. The highest BCUT2D eigenvalue weighted by Crippen LogP contribution is 2.36. The number of thioether (sulfide) groups is 1. The van der Waals surface area contributed by atoms with Crippen molar-refractivity contribution in [1.82, 2.24) is 18.7 Å². The van der Waals surface area contributed by atoms with Crippen molar-refractivity contribution in [2.45, 2.75) is 13.8 Å². The van der Waals surface area contributed by atoms with E-state index >= 15 is 0 Å². The smallest absolute Gasteiger partial charge is 0.296 e. The largest absolute Gasteiger partial charge is 0.383 e. The number of para-hydroxylation sites is 1. The highest BCUT2D eigenvalue weighted by Gasteiger charge is 2.38. The minimum atomic E-state index is -0.479. The number of ether oxygens (including phenoxy) is 1. The van der Waals surface area contributed by atoms with E-state index in [1.165, 1.54) is 20.1 Å². The molecule has 4 heterocycles. The number of thiocarbonyl (C=S) groups is 1. The maximum atomic E-state index is 13.7. The molecule has 0 saturated carbocycles. The Morgan fingerprint density at radius 2 is 1.82 bits per heavy atom. The molecule has 1 amide bonds. The van der Waals surface area contributed by atoms with Crippen LogP contribution < -0.4 is 21.3 Å². The number of hydrogen-bond donors (Lipinski definition) is 1. The number of nitrogens with zero attached hydrogens (tertiary/aromatic N) is 5. The molecule has 1 N–H and O–H groups in total. The number of hydrogen-bond acceptors (Lipinski definition) is 8. The van der Waals surface area contributed by atoms with E-state index < -0.39 is 5.91 Å². The van der Waals surface area contributed by atoms with E-state index in [9.17, 15) is 14.4 Å². The van der Waals surface area contributed by atoms with Crippen LogP contribution in [0.25, 0.3) is 17.4 Å². The summed E-state index contributed by atoms with van der Waals surface area (Å²) in [7, 11) is 3.33. The molecular weight excluding hydrogens is 536 g/mol. The Balaban J connectivity index is 1.61. The van der Waals surface area contributed by atoms with Crippen molar-refractivity contribution in [3.63, 3.8) is 0 Å². The van der Waals surface area contributed by atoms with E-state index in [0.717, 1.165) is 17.3 Å². The molecule has 39 heavy (non-hydrogen) atoms. The zero-order chi connectivity index (χ0) is 27.8. The van der Waals surface area contributed by atoms with Crippen molar-refractivity contribution < 1.29 is 9.53 Å². The van der Waals surface area contributed by atoms with Crippen LogP contribution in [0.15, 0.2) is 63.2 Å². The van der Waals surface area contributed by atoms with Gasteiger partial charge in [0, 0.05) is 26.9 Å². The summed E-state index contributed by atoms with van der Waals surface area (Å²) in [6.07, 6.45) is 3.19. The van der Waals surface area contributed by atoms with Gasteiger partial charge in [-0.1, -0.05) is 48.2 Å². The van der Waals surface area contributed by atoms with E-state index in [2.05, 4.69) is 10.3 Å². The molecule has 1 aliphatic rings. The third kappa shape index (κ3) is 4.71. The van der Waals surface area contributed by atoms with Crippen molar-refractivity contribution in [2.24, 2.45) is 7.05 Å². The number of carbonyl (C=O) groups is 1. The first kappa shape index (κ1) is 26.6. The van der Waals surface area contributed by atoms with Crippen LogP contribution in [0.2, 0.25) is 0 Å². The van der Waals surface area contributed by atoms with Crippen LogP contribution in [-0.4, -0.2) is 49.2 Å². The van der Waals surface area contributed by atoms with Gasteiger partial charge in [0.05, 0.1) is 28.5 Å². The Hall–Kier alpha value is -4.00. The van der Waals surface area contributed by atoms with Gasteiger partial charge in [0.15, 0.2) is 4.32 Å². The summed E-state index contributed by atoms with van der Waals surface area (Å²) >= 11 is 6.60. The van der Waals surface area contributed by atoms with Crippen molar-refractivity contribution >= 4 is 57.4 Å². The minimum Gasteiger partial charge on any atom is -0.383 e. The fraction of sp³-hybridized carbons (Fsp3) is 0.222. The minimum absolute atomic E-state index is 0.176. The first-order valence-corrected chi connectivity index (χ1v) is 13.3. The molecule has 0 aliphatic carbocycles. The number of aromatic nitrogens is 4. The fourth-order valence-corrected chi connectivity index (χ4v) is 5.65. The van der Waals surface area contributed by atoms with Crippen molar-refractivity contribution in [3.8, 4) is 5.69 Å². The molecule has 10 nitrogen and oxygen atoms in total. The number of amides is 1. The SMILES string of the molecule is COCCNc1nc2ccc(C)cn2c(=O)c1/C=C1/SC(=S)N(c2c(C)n(C)n(-c3ccccc3)c2=O)C1=O. The highest BCUT2D eigenvalue weighted by molar-refractivity contribution is 8.27. The van der Waals surface area contributed by atoms with E-state index in [1.807, 2.05) is 43.3 Å².